The zero-order chi connectivity index (χ0) is 12.7. The lowest BCUT2D eigenvalue weighted by Gasteiger charge is -2.11. The van der Waals surface area contributed by atoms with Crippen LogP contribution in [0.2, 0.25) is 0 Å². The van der Waals surface area contributed by atoms with Crippen molar-refractivity contribution in [3.8, 4) is 5.75 Å². The van der Waals surface area contributed by atoms with Crippen LogP contribution < -0.4 is 4.74 Å². The summed E-state index contributed by atoms with van der Waals surface area (Å²) in [5.41, 5.74) is 4.82. The number of nitrogens with zero attached hydrogens (tertiary/aromatic N) is 2. The SMILES string of the molecule is Cc1ncn(Cc2cc(Br)cc3c2OCC3)c1C. The van der Waals surface area contributed by atoms with Crippen molar-refractivity contribution >= 4 is 15.9 Å². The van der Waals surface area contributed by atoms with Crippen molar-refractivity contribution in [2.45, 2.75) is 26.8 Å². The largest absolute Gasteiger partial charge is 0.493 e. The average Bonchev–Trinajstić information content (AvgIpc) is 2.90. The first-order valence-corrected chi connectivity index (χ1v) is 6.87. The Morgan fingerprint density at radius 1 is 1.39 bits per heavy atom. The van der Waals surface area contributed by atoms with Gasteiger partial charge in [0, 0.05) is 22.2 Å². The molecule has 0 saturated carbocycles. The van der Waals surface area contributed by atoms with Gasteiger partial charge in [0.2, 0.25) is 0 Å². The third-order valence-electron chi connectivity index (χ3n) is 3.51. The van der Waals surface area contributed by atoms with Crippen molar-refractivity contribution in [2.75, 3.05) is 6.61 Å². The van der Waals surface area contributed by atoms with Crippen LogP contribution in [0, 0.1) is 13.8 Å². The Kier molecular flexibility index (Phi) is 2.90. The van der Waals surface area contributed by atoms with E-state index >= 15 is 0 Å². The standard InChI is InChI=1S/C14H15BrN2O/c1-9-10(2)17(8-16-9)7-12-6-13(15)5-11-3-4-18-14(11)12/h5-6,8H,3-4,7H2,1-2H3. The van der Waals surface area contributed by atoms with E-state index in [9.17, 15) is 0 Å². The maximum absolute atomic E-state index is 5.75. The van der Waals surface area contributed by atoms with Crippen molar-refractivity contribution < 1.29 is 4.74 Å². The molecule has 0 bridgehead atoms. The second kappa shape index (κ2) is 4.43. The van der Waals surface area contributed by atoms with Crippen LogP contribution >= 0.6 is 15.9 Å². The minimum absolute atomic E-state index is 0.792. The van der Waals surface area contributed by atoms with Crippen molar-refractivity contribution in [1.82, 2.24) is 9.55 Å². The fourth-order valence-corrected chi connectivity index (χ4v) is 2.90. The first kappa shape index (κ1) is 11.8. The minimum atomic E-state index is 0.792. The fraction of sp³-hybridized carbons (Fsp3) is 0.357. The van der Waals surface area contributed by atoms with Crippen molar-refractivity contribution in [3.05, 3.63) is 45.4 Å². The summed E-state index contributed by atoms with van der Waals surface area (Å²) in [5.74, 6) is 1.06. The third kappa shape index (κ3) is 1.94. The molecule has 1 aliphatic heterocycles. The van der Waals surface area contributed by atoms with Gasteiger partial charge < -0.3 is 9.30 Å². The Morgan fingerprint density at radius 3 is 2.94 bits per heavy atom. The normalized spacial score (nSPS) is 13.5. The summed E-state index contributed by atoms with van der Waals surface area (Å²) in [6, 6.07) is 4.29. The molecule has 0 atom stereocenters. The highest BCUT2D eigenvalue weighted by Gasteiger charge is 2.18. The van der Waals surface area contributed by atoms with Crippen LogP contribution in [0.5, 0.6) is 5.75 Å². The molecule has 4 heteroatoms. The summed E-state index contributed by atoms with van der Waals surface area (Å²) in [7, 11) is 0. The van der Waals surface area contributed by atoms with Crippen LogP contribution in [0.15, 0.2) is 22.9 Å². The molecule has 0 spiro atoms. The van der Waals surface area contributed by atoms with Crippen molar-refractivity contribution in [3.63, 3.8) is 0 Å². The minimum Gasteiger partial charge on any atom is -0.493 e. The van der Waals surface area contributed by atoms with Gasteiger partial charge in [-0.1, -0.05) is 15.9 Å². The zero-order valence-corrected chi connectivity index (χ0v) is 12.1. The van der Waals surface area contributed by atoms with E-state index in [1.54, 1.807) is 0 Å². The first-order valence-electron chi connectivity index (χ1n) is 6.07. The predicted molar refractivity (Wildman–Crippen MR) is 74.1 cm³/mol. The number of aryl methyl sites for hydroxylation is 1. The predicted octanol–water partition coefficient (Wildman–Crippen LogP) is 3.25. The lowest BCUT2D eigenvalue weighted by Crippen LogP contribution is -2.02. The van der Waals surface area contributed by atoms with Crippen LogP contribution in [0.3, 0.4) is 0 Å². The van der Waals surface area contributed by atoms with E-state index in [4.69, 9.17) is 4.74 Å². The summed E-state index contributed by atoms with van der Waals surface area (Å²) < 4.78 is 9.04. The van der Waals surface area contributed by atoms with Crippen LogP contribution in [-0.2, 0) is 13.0 Å². The number of fused-ring (bicyclic) bond motifs is 1. The van der Waals surface area contributed by atoms with E-state index in [0.29, 0.717) is 0 Å². The monoisotopic (exact) mass is 306 g/mol. The second-order valence-electron chi connectivity index (χ2n) is 4.69. The molecule has 18 heavy (non-hydrogen) atoms. The molecule has 94 valence electrons. The Balaban J connectivity index is 2.00. The summed E-state index contributed by atoms with van der Waals surface area (Å²) >= 11 is 3.57. The molecule has 1 aromatic carbocycles. The Morgan fingerprint density at radius 2 is 2.22 bits per heavy atom. The van der Waals surface area contributed by atoms with Gasteiger partial charge in [-0.15, -0.1) is 0 Å². The maximum Gasteiger partial charge on any atom is 0.127 e. The Labute approximate surface area is 115 Å². The second-order valence-corrected chi connectivity index (χ2v) is 5.61. The molecular formula is C14H15BrN2O. The Hall–Kier alpha value is -1.29. The van der Waals surface area contributed by atoms with Gasteiger partial charge in [-0.25, -0.2) is 4.98 Å². The number of rotatable bonds is 2. The quantitative estimate of drug-likeness (QED) is 0.851. The highest BCUT2D eigenvalue weighted by molar-refractivity contribution is 9.10. The van der Waals surface area contributed by atoms with Crippen molar-refractivity contribution in [1.29, 1.82) is 0 Å². The van der Waals surface area contributed by atoms with E-state index < -0.39 is 0 Å². The number of hydrogen-bond acceptors (Lipinski definition) is 2. The van der Waals surface area contributed by atoms with E-state index in [1.807, 2.05) is 13.3 Å². The number of ether oxygens (including phenoxy) is 1. The molecule has 0 saturated heterocycles. The van der Waals surface area contributed by atoms with E-state index in [0.717, 1.165) is 35.5 Å². The molecule has 1 aromatic heterocycles. The average molecular weight is 307 g/mol. The molecule has 1 aliphatic rings. The van der Waals surface area contributed by atoms with Crippen LogP contribution in [-0.4, -0.2) is 16.2 Å². The molecule has 0 amide bonds. The number of hydrogen-bond donors (Lipinski definition) is 0. The molecule has 0 unspecified atom stereocenters. The molecular weight excluding hydrogens is 292 g/mol. The van der Waals surface area contributed by atoms with Gasteiger partial charge in [-0.2, -0.15) is 0 Å². The van der Waals surface area contributed by atoms with E-state index in [2.05, 4.69) is 44.5 Å². The van der Waals surface area contributed by atoms with E-state index in [1.165, 1.54) is 16.8 Å². The summed E-state index contributed by atoms with van der Waals surface area (Å²) in [5, 5.41) is 0. The topological polar surface area (TPSA) is 27.1 Å². The molecule has 3 nitrogen and oxygen atoms in total. The van der Waals surface area contributed by atoms with Gasteiger partial charge in [0.05, 0.1) is 25.2 Å². The molecule has 0 fully saturated rings. The lowest BCUT2D eigenvalue weighted by molar-refractivity contribution is 0.352. The number of imidazole rings is 1. The molecule has 0 N–H and O–H groups in total. The number of benzene rings is 1. The van der Waals surface area contributed by atoms with Gasteiger partial charge in [0.25, 0.3) is 0 Å². The van der Waals surface area contributed by atoms with Gasteiger partial charge in [-0.3, -0.25) is 0 Å². The van der Waals surface area contributed by atoms with Crippen LogP contribution in [0.25, 0.3) is 0 Å². The lowest BCUT2D eigenvalue weighted by atomic mass is 10.1. The fourth-order valence-electron chi connectivity index (χ4n) is 2.35. The van der Waals surface area contributed by atoms with Gasteiger partial charge >= 0.3 is 0 Å². The molecule has 2 heterocycles. The highest BCUT2D eigenvalue weighted by Crippen LogP contribution is 2.33. The third-order valence-corrected chi connectivity index (χ3v) is 3.97. The van der Waals surface area contributed by atoms with Crippen LogP contribution in [0.4, 0.5) is 0 Å². The van der Waals surface area contributed by atoms with Crippen LogP contribution in [0.1, 0.15) is 22.5 Å². The first-order chi connectivity index (χ1) is 8.65. The Bertz CT molecular complexity index is 604. The highest BCUT2D eigenvalue weighted by atomic mass is 79.9. The maximum atomic E-state index is 5.75. The van der Waals surface area contributed by atoms with Gasteiger partial charge in [0.15, 0.2) is 0 Å². The van der Waals surface area contributed by atoms with E-state index in [-0.39, 0.29) is 0 Å². The van der Waals surface area contributed by atoms with Gasteiger partial charge in [-0.05, 0) is 31.5 Å². The zero-order valence-electron chi connectivity index (χ0n) is 10.5. The smallest absolute Gasteiger partial charge is 0.127 e. The molecule has 2 aromatic rings. The summed E-state index contributed by atoms with van der Waals surface area (Å²) in [4.78, 5) is 4.34. The molecule has 0 radical (unpaired) electrons. The number of aromatic nitrogens is 2. The number of halogens is 1. The summed E-state index contributed by atoms with van der Waals surface area (Å²) in [6.45, 7) is 5.74. The van der Waals surface area contributed by atoms with Crippen molar-refractivity contribution in [2.24, 2.45) is 0 Å². The molecule has 3 rings (SSSR count). The molecule has 0 aliphatic carbocycles. The summed E-state index contributed by atoms with van der Waals surface area (Å²) in [6.07, 6.45) is 2.90. The van der Waals surface area contributed by atoms with Gasteiger partial charge in [0.1, 0.15) is 5.75 Å².